The Bertz CT molecular complexity index is 1010. The van der Waals surface area contributed by atoms with E-state index in [1.807, 2.05) is 56.6 Å². The number of likely N-dealkylation sites (N-methyl/N-ethyl adjacent to an activating group) is 1. The third-order valence-corrected chi connectivity index (χ3v) is 5.07. The molecule has 3 N–H and O–H groups in total. The summed E-state index contributed by atoms with van der Waals surface area (Å²) in [6.07, 6.45) is 2.95. The van der Waals surface area contributed by atoms with Crippen molar-refractivity contribution in [3.63, 3.8) is 0 Å². The van der Waals surface area contributed by atoms with Gasteiger partial charge in [0.15, 0.2) is 11.0 Å². The molecule has 3 heterocycles. The van der Waals surface area contributed by atoms with Crippen molar-refractivity contribution in [3.05, 3.63) is 48.2 Å². The quantitative estimate of drug-likeness (QED) is 0.477. The Kier molecular flexibility index (Phi) is 6.45. The number of hydrogen-bond donors (Lipinski definition) is 3. The highest BCUT2D eigenvalue weighted by molar-refractivity contribution is 7.99. The lowest BCUT2D eigenvalue weighted by Crippen LogP contribution is -2.21. The number of aromatic amines is 1. The smallest absolute Gasteiger partial charge is 0.234 e. The van der Waals surface area contributed by atoms with Crippen LogP contribution in [0.1, 0.15) is 12.1 Å². The Balaban J connectivity index is 1.53. The SMILES string of the molecule is CN(C)CCNc1nc(Nc2cc(C3=CCCO3)[nH]n2)nc(Sc2ccccc2)n1. The Hall–Kier alpha value is -3.11. The maximum Gasteiger partial charge on any atom is 0.234 e. The van der Waals surface area contributed by atoms with Gasteiger partial charge in [0.1, 0.15) is 11.5 Å². The fraction of sp³-hybridized carbons (Fsp3) is 0.300. The summed E-state index contributed by atoms with van der Waals surface area (Å²) in [6.45, 7) is 2.30. The Morgan fingerprint density at radius 1 is 1.13 bits per heavy atom. The van der Waals surface area contributed by atoms with Gasteiger partial charge in [-0.2, -0.15) is 20.1 Å². The number of ether oxygens (including phenoxy) is 1. The molecule has 4 rings (SSSR count). The van der Waals surface area contributed by atoms with Crippen LogP contribution in [0.4, 0.5) is 17.7 Å². The Labute approximate surface area is 179 Å². The molecule has 1 aromatic carbocycles. The van der Waals surface area contributed by atoms with Crippen LogP contribution in [0, 0.1) is 0 Å². The first-order valence-electron chi connectivity index (χ1n) is 9.69. The minimum Gasteiger partial charge on any atom is -0.491 e. The fourth-order valence-corrected chi connectivity index (χ4v) is 3.52. The number of H-pyrrole nitrogens is 1. The summed E-state index contributed by atoms with van der Waals surface area (Å²) in [5.74, 6) is 2.38. The number of aromatic nitrogens is 5. The van der Waals surface area contributed by atoms with Crippen LogP contribution in [0.25, 0.3) is 5.76 Å². The summed E-state index contributed by atoms with van der Waals surface area (Å²) in [7, 11) is 4.05. The van der Waals surface area contributed by atoms with Crippen molar-refractivity contribution >= 4 is 35.2 Å². The van der Waals surface area contributed by atoms with Crippen molar-refractivity contribution in [2.45, 2.75) is 16.5 Å². The summed E-state index contributed by atoms with van der Waals surface area (Å²) < 4.78 is 5.57. The van der Waals surface area contributed by atoms with Gasteiger partial charge in [-0.3, -0.25) is 5.10 Å². The summed E-state index contributed by atoms with van der Waals surface area (Å²) >= 11 is 1.48. The van der Waals surface area contributed by atoms with Crippen LogP contribution in [0.2, 0.25) is 0 Å². The molecule has 1 aliphatic rings. The van der Waals surface area contributed by atoms with Gasteiger partial charge >= 0.3 is 0 Å². The molecule has 0 atom stereocenters. The Morgan fingerprint density at radius 2 is 1.97 bits per heavy atom. The maximum absolute atomic E-state index is 5.57. The van der Waals surface area contributed by atoms with E-state index in [1.165, 1.54) is 11.8 Å². The second kappa shape index (κ2) is 9.59. The standard InChI is InChI=1S/C20H24N8OS/c1-28(2)11-10-21-18-23-19(25-20(24-18)30-14-7-4-3-5-8-14)22-17-13-15(26-27-17)16-9-6-12-29-16/h3-5,7-9,13H,6,10-12H2,1-2H3,(H3,21,22,23,24,25,26,27). The van der Waals surface area contributed by atoms with E-state index in [2.05, 4.69) is 40.7 Å². The number of rotatable bonds is 9. The van der Waals surface area contributed by atoms with Crippen LogP contribution in [-0.2, 0) is 4.74 Å². The van der Waals surface area contributed by atoms with E-state index in [-0.39, 0.29) is 0 Å². The molecule has 0 saturated carbocycles. The van der Waals surface area contributed by atoms with E-state index in [4.69, 9.17) is 4.74 Å². The van der Waals surface area contributed by atoms with Crippen LogP contribution in [0.15, 0.2) is 52.5 Å². The van der Waals surface area contributed by atoms with Crippen LogP contribution < -0.4 is 10.6 Å². The van der Waals surface area contributed by atoms with Crippen molar-refractivity contribution in [2.75, 3.05) is 44.4 Å². The minimum absolute atomic E-state index is 0.426. The lowest BCUT2D eigenvalue weighted by Gasteiger charge is -2.12. The molecule has 30 heavy (non-hydrogen) atoms. The van der Waals surface area contributed by atoms with E-state index in [0.29, 0.717) is 29.5 Å². The summed E-state index contributed by atoms with van der Waals surface area (Å²) in [6, 6.07) is 11.9. The molecule has 0 aliphatic carbocycles. The van der Waals surface area contributed by atoms with Gasteiger partial charge in [0.2, 0.25) is 11.9 Å². The summed E-state index contributed by atoms with van der Waals surface area (Å²) in [5, 5.41) is 14.3. The summed E-state index contributed by atoms with van der Waals surface area (Å²) in [5.41, 5.74) is 0.826. The molecular formula is C20H24N8OS. The molecule has 1 aliphatic heterocycles. The van der Waals surface area contributed by atoms with Gasteiger partial charge in [0, 0.05) is 30.5 Å². The molecule has 3 aromatic rings. The number of nitrogens with one attached hydrogen (secondary N) is 3. The minimum atomic E-state index is 0.426. The van der Waals surface area contributed by atoms with Crippen molar-refractivity contribution in [1.82, 2.24) is 30.0 Å². The van der Waals surface area contributed by atoms with E-state index >= 15 is 0 Å². The first-order valence-corrected chi connectivity index (χ1v) is 10.5. The maximum atomic E-state index is 5.57. The first kappa shape index (κ1) is 20.2. The average molecular weight is 425 g/mol. The van der Waals surface area contributed by atoms with Crippen molar-refractivity contribution in [3.8, 4) is 0 Å². The van der Waals surface area contributed by atoms with Gasteiger partial charge in [0.05, 0.1) is 6.61 Å². The lowest BCUT2D eigenvalue weighted by atomic mass is 10.3. The molecule has 0 fully saturated rings. The van der Waals surface area contributed by atoms with Crippen LogP contribution in [-0.4, -0.2) is 63.8 Å². The highest BCUT2D eigenvalue weighted by Crippen LogP contribution is 2.27. The van der Waals surface area contributed by atoms with E-state index in [9.17, 15) is 0 Å². The molecule has 0 saturated heterocycles. The predicted octanol–water partition coefficient (Wildman–Crippen LogP) is 3.22. The van der Waals surface area contributed by atoms with E-state index in [0.717, 1.165) is 35.9 Å². The number of benzene rings is 1. The normalized spacial score (nSPS) is 13.2. The second-order valence-corrected chi connectivity index (χ2v) is 7.95. The zero-order valence-electron chi connectivity index (χ0n) is 16.9. The topological polar surface area (TPSA) is 104 Å². The summed E-state index contributed by atoms with van der Waals surface area (Å²) in [4.78, 5) is 16.8. The molecule has 9 nitrogen and oxygen atoms in total. The van der Waals surface area contributed by atoms with Gasteiger partial charge in [-0.1, -0.05) is 18.2 Å². The third kappa shape index (κ3) is 5.49. The average Bonchev–Trinajstić information content (AvgIpc) is 3.40. The molecule has 0 amide bonds. The molecule has 0 spiro atoms. The van der Waals surface area contributed by atoms with Gasteiger partial charge in [0.25, 0.3) is 0 Å². The predicted molar refractivity (Wildman–Crippen MR) is 118 cm³/mol. The number of hydrogen-bond acceptors (Lipinski definition) is 9. The second-order valence-electron chi connectivity index (χ2n) is 6.91. The molecule has 2 aromatic heterocycles. The first-order chi connectivity index (χ1) is 14.7. The monoisotopic (exact) mass is 424 g/mol. The molecule has 0 radical (unpaired) electrons. The van der Waals surface area contributed by atoms with Crippen molar-refractivity contribution < 1.29 is 4.74 Å². The van der Waals surface area contributed by atoms with Crippen molar-refractivity contribution in [2.24, 2.45) is 0 Å². The van der Waals surface area contributed by atoms with Crippen molar-refractivity contribution in [1.29, 1.82) is 0 Å². The molecular weight excluding hydrogens is 400 g/mol. The van der Waals surface area contributed by atoms with Gasteiger partial charge in [-0.05, 0) is 44.1 Å². The van der Waals surface area contributed by atoms with Gasteiger partial charge < -0.3 is 20.3 Å². The fourth-order valence-electron chi connectivity index (χ4n) is 2.75. The zero-order valence-corrected chi connectivity index (χ0v) is 17.7. The third-order valence-electron chi connectivity index (χ3n) is 4.20. The van der Waals surface area contributed by atoms with Crippen LogP contribution in [0.3, 0.4) is 0 Å². The van der Waals surface area contributed by atoms with Gasteiger partial charge in [-0.15, -0.1) is 0 Å². The van der Waals surface area contributed by atoms with Crippen LogP contribution in [0.5, 0.6) is 0 Å². The van der Waals surface area contributed by atoms with E-state index in [1.54, 1.807) is 0 Å². The van der Waals surface area contributed by atoms with Crippen LogP contribution >= 0.6 is 11.8 Å². The Morgan fingerprint density at radius 3 is 2.73 bits per heavy atom. The molecule has 10 heteroatoms. The molecule has 0 unspecified atom stereocenters. The highest BCUT2D eigenvalue weighted by atomic mass is 32.2. The number of anilines is 3. The zero-order chi connectivity index (χ0) is 20.8. The molecule has 156 valence electrons. The lowest BCUT2D eigenvalue weighted by molar-refractivity contribution is 0.306. The number of nitrogens with zero attached hydrogens (tertiary/aromatic N) is 5. The largest absolute Gasteiger partial charge is 0.491 e. The molecule has 0 bridgehead atoms. The van der Waals surface area contributed by atoms with Gasteiger partial charge in [-0.25, -0.2) is 0 Å². The van der Waals surface area contributed by atoms with E-state index < -0.39 is 0 Å². The highest BCUT2D eigenvalue weighted by Gasteiger charge is 2.14.